The van der Waals surface area contributed by atoms with Gasteiger partial charge in [0.15, 0.2) is 6.19 Å². The number of para-hydroxylation sites is 1. The van der Waals surface area contributed by atoms with E-state index in [0.29, 0.717) is 18.7 Å². The number of nitriles is 1. The fourth-order valence-electron chi connectivity index (χ4n) is 2.92. The summed E-state index contributed by atoms with van der Waals surface area (Å²) >= 11 is 0. The van der Waals surface area contributed by atoms with Gasteiger partial charge in [-0.2, -0.15) is 5.26 Å². The van der Waals surface area contributed by atoms with Gasteiger partial charge in [0.25, 0.3) is 5.91 Å². The minimum absolute atomic E-state index is 0.0334. The Morgan fingerprint density at radius 1 is 1.25 bits per heavy atom. The highest BCUT2D eigenvalue weighted by Gasteiger charge is 2.23. The van der Waals surface area contributed by atoms with Gasteiger partial charge in [0.2, 0.25) is 0 Å². The Morgan fingerprint density at radius 3 is 2.67 bits per heavy atom. The Hall–Kier alpha value is -3.00. The van der Waals surface area contributed by atoms with Crippen LogP contribution in [0.25, 0.3) is 11.1 Å². The van der Waals surface area contributed by atoms with Gasteiger partial charge in [-0.1, -0.05) is 30.3 Å². The molecule has 0 aliphatic carbocycles. The molecule has 1 fully saturated rings. The summed E-state index contributed by atoms with van der Waals surface area (Å²) in [6.45, 7) is 1.29. The number of methoxy groups -OCH3 is 1. The zero-order chi connectivity index (χ0) is 16.9. The normalized spacial score (nSPS) is 16.5. The largest absolute Gasteiger partial charge is 0.496 e. The lowest BCUT2D eigenvalue weighted by atomic mass is 10.0. The van der Waals surface area contributed by atoms with E-state index in [1.807, 2.05) is 48.5 Å². The van der Waals surface area contributed by atoms with Gasteiger partial charge in [0.1, 0.15) is 5.75 Å². The van der Waals surface area contributed by atoms with Crippen molar-refractivity contribution >= 4 is 5.91 Å². The highest BCUT2D eigenvalue weighted by Crippen LogP contribution is 2.29. The molecule has 1 aliphatic heterocycles. The van der Waals surface area contributed by atoms with Gasteiger partial charge >= 0.3 is 0 Å². The summed E-state index contributed by atoms with van der Waals surface area (Å²) in [6, 6.07) is 15.3. The number of hydrogen-bond donors (Lipinski definition) is 1. The smallest absolute Gasteiger partial charge is 0.251 e. The maximum absolute atomic E-state index is 12.3. The van der Waals surface area contributed by atoms with Gasteiger partial charge in [0.05, 0.1) is 7.11 Å². The number of carbonyl (C=O) groups is 1. The number of amides is 1. The maximum atomic E-state index is 12.3. The zero-order valence-corrected chi connectivity index (χ0v) is 13.5. The van der Waals surface area contributed by atoms with E-state index in [0.717, 1.165) is 23.3 Å². The molecule has 0 aromatic heterocycles. The summed E-state index contributed by atoms with van der Waals surface area (Å²) < 4.78 is 5.38. The Kier molecular flexibility index (Phi) is 4.66. The summed E-state index contributed by atoms with van der Waals surface area (Å²) in [5.74, 6) is 0.698. The quantitative estimate of drug-likeness (QED) is 0.879. The van der Waals surface area contributed by atoms with E-state index >= 15 is 0 Å². The second-order valence-corrected chi connectivity index (χ2v) is 5.78. The van der Waals surface area contributed by atoms with Crippen LogP contribution in [0.5, 0.6) is 5.75 Å². The first-order valence-electron chi connectivity index (χ1n) is 7.90. The van der Waals surface area contributed by atoms with Crippen molar-refractivity contribution in [2.75, 3.05) is 20.2 Å². The number of nitrogens with one attached hydrogen (secondary N) is 1. The van der Waals surface area contributed by atoms with Crippen molar-refractivity contribution in [2.45, 2.75) is 12.5 Å². The number of nitrogens with zero attached hydrogens (tertiary/aromatic N) is 2. The van der Waals surface area contributed by atoms with Gasteiger partial charge in [-0.3, -0.25) is 4.79 Å². The summed E-state index contributed by atoms with van der Waals surface area (Å²) in [4.78, 5) is 14.0. The van der Waals surface area contributed by atoms with Crippen LogP contribution in [0.4, 0.5) is 0 Å². The van der Waals surface area contributed by atoms with Crippen molar-refractivity contribution in [2.24, 2.45) is 0 Å². The van der Waals surface area contributed by atoms with E-state index in [1.54, 1.807) is 12.0 Å². The lowest BCUT2D eigenvalue weighted by Gasteiger charge is -2.13. The molecule has 5 nitrogen and oxygen atoms in total. The molecule has 0 saturated carbocycles. The van der Waals surface area contributed by atoms with E-state index in [9.17, 15) is 4.79 Å². The van der Waals surface area contributed by atoms with Gasteiger partial charge in [0, 0.05) is 30.3 Å². The highest BCUT2D eigenvalue weighted by atomic mass is 16.5. The van der Waals surface area contributed by atoms with Crippen molar-refractivity contribution in [1.29, 1.82) is 5.26 Å². The minimum Gasteiger partial charge on any atom is -0.496 e. The molecule has 24 heavy (non-hydrogen) atoms. The number of carbonyl (C=O) groups excluding carboxylic acids is 1. The molecule has 1 N–H and O–H groups in total. The van der Waals surface area contributed by atoms with Gasteiger partial charge in [-0.15, -0.1) is 0 Å². The van der Waals surface area contributed by atoms with Crippen LogP contribution in [0.2, 0.25) is 0 Å². The number of hydrogen-bond acceptors (Lipinski definition) is 4. The van der Waals surface area contributed by atoms with Crippen molar-refractivity contribution in [3.05, 3.63) is 54.1 Å². The molecule has 1 atom stereocenters. The topological polar surface area (TPSA) is 65.4 Å². The molecule has 0 radical (unpaired) electrons. The average Bonchev–Trinajstić information content (AvgIpc) is 3.09. The number of ether oxygens (including phenoxy) is 1. The second-order valence-electron chi connectivity index (χ2n) is 5.78. The first-order valence-corrected chi connectivity index (χ1v) is 7.90. The fourth-order valence-corrected chi connectivity index (χ4v) is 2.92. The molecule has 0 bridgehead atoms. The summed E-state index contributed by atoms with van der Waals surface area (Å²) in [7, 11) is 1.65. The Balaban J connectivity index is 1.70. The molecule has 122 valence electrons. The van der Waals surface area contributed by atoms with E-state index < -0.39 is 0 Å². The maximum Gasteiger partial charge on any atom is 0.251 e. The predicted octanol–water partition coefficient (Wildman–Crippen LogP) is 2.65. The van der Waals surface area contributed by atoms with E-state index in [4.69, 9.17) is 10.00 Å². The van der Waals surface area contributed by atoms with Crippen molar-refractivity contribution in [3.8, 4) is 23.1 Å². The zero-order valence-electron chi connectivity index (χ0n) is 13.5. The molecule has 5 heteroatoms. The monoisotopic (exact) mass is 321 g/mol. The third-order valence-electron chi connectivity index (χ3n) is 4.23. The van der Waals surface area contributed by atoms with E-state index in [1.165, 1.54) is 0 Å². The molecular formula is C19H19N3O2. The molecule has 2 aromatic rings. The van der Waals surface area contributed by atoms with Crippen LogP contribution >= 0.6 is 0 Å². The van der Waals surface area contributed by atoms with Crippen LogP contribution in [-0.4, -0.2) is 37.0 Å². The average molecular weight is 321 g/mol. The predicted molar refractivity (Wildman–Crippen MR) is 91.5 cm³/mol. The third kappa shape index (κ3) is 3.33. The van der Waals surface area contributed by atoms with Crippen LogP contribution in [-0.2, 0) is 0 Å². The Bertz CT molecular complexity index is 765. The lowest BCUT2D eigenvalue weighted by molar-refractivity contribution is 0.0939. The van der Waals surface area contributed by atoms with Gasteiger partial charge in [-0.05, 0) is 30.2 Å². The number of likely N-dealkylation sites (tertiary alicyclic amines) is 1. The summed E-state index contributed by atoms with van der Waals surface area (Å²) in [6.07, 6.45) is 2.92. The fraction of sp³-hybridized carbons (Fsp3) is 0.263. The Morgan fingerprint density at radius 2 is 2.00 bits per heavy atom. The van der Waals surface area contributed by atoms with Crippen LogP contribution < -0.4 is 10.1 Å². The van der Waals surface area contributed by atoms with E-state index in [-0.39, 0.29) is 11.9 Å². The second kappa shape index (κ2) is 7.05. The molecule has 1 amide bonds. The standard InChI is InChI=1S/C19H19N3O2/c1-24-18-5-3-2-4-17(18)14-6-8-15(9-7-14)19(23)21-16-10-11-22(12-16)13-20/h2-9,16H,10-12H2,1H3,(H,21,23). The first-order chi connectivity index (χ1) is 11.7. The molecule has 3 rings (SSSR count). The molecule has 1 saturated heterocycles. The van der Waals surface area contributed by atoms with Crippen LogP contribution in [0, 0.1) is 11.5 Å². The highest BCUT2D eigenvalue weighted by molar-refractivity contribution is 5.95. The molecule has 2 aromatic carbocycles. The van der Waals surface area contributed by atoms with E-state index in [2.05, 4.69) is 11.5 Å². The van der Waals surface area contributed by atoms with Gasteiger partial charge < -0.3 is 15.0 Å². The lowest BCUT2D eigenvalue weighted by Crippen LogP contribution is -2.36. The Labute approximate surface area is 141 Å². The third-order valence-corrected chi connectivity index (χ3v) is 4.23. The molecule has 1 unspecified atom stereocenters. The molecule has 1 aliphatic rings. The molecule has 1 heterocycles. The minimum atomic E-state index is -0.105. The van der Waals surface area contributed by atoms with Crippen molar-refractivity contribution in [3.63, 3.8) is 0 Å². The number of benzene rings is 2. The van der Waals surface area contributed by atoms with Crippen LogP contribution in [0.1, 0.15) is 16.8 Å². The SMILES string of the molecule is COc1ccccc1-c1ccc(C(=O)NC2CCN(C#N)C2)cc1. The molecule has 0 spiro atoms. The summed E-state index contributed by atoms with van der Waals surface area (Å²) in [5.41, 5.74) is 2.61. The first kappa shape index (κ1) is 15.9. The van der Waals surface area contributed by atoms with Crippen molar-refractivity contribution < 1.29 is 9.53 Å². The van der Waals surface area contributed by atoms with Gasteiger partial charge in [-0.25, -0.2) is 0 Å². The van der Waals surface area contributed by atoms with Crippen LogP contribution in [0.15, 0.2) is 48.5 Å². The van der Waals surface area contributed by atoms with Crippen molar-refractivity contribution in [1.82, 2.24) is 10.2 Å². The molecular weight excluding hydrogens is 302 g/mol. The summed E-state index contributed by atoms with van der Waals surface area (Å²) in [5, 5.41) is 11.9. The number of rotatable bonds is 4. The van der Waals surface area contributed by atoms with Crippen LogP contribution in [0.3, 0.4) is 0 Å².